The van der Waals surface area contributed by atoms with Crippen molar-refractivity contribution < 1.29 is 22.7 Å². The van der Waals surface area contributed by atoms with Crippen LogP contribution in [0.5, 0.6) is 11.5 Å². The molecule has 1 atom stereocenters. The summed E-state index contributed by atoms with van der Waals surface area (Å²) in [6.45, 7) is 2.23. The second-order valence-electron chi connectivity index (χ2n) is 6.87. The quantitative estimate of drug-likeness (QED) is 0.635. The maximum absolute atomic E-state index is 13.3. The summed E-state index contributed by atoms with van der Waals surface area (Å²) in [6, 6.07) is 21.9. The fourth-order valence-corrected chi connectivity index (χ4v) is 4.84. The number of rotatable bonds is 6. The third-order valence-electron chi connectivity index (χ3n) is 4.77. The monoisotopic (exact) mass is 438 g/mol. The molecular weight excluding hydrogens is 416 g/mol. The van der Waals surface area contributed by atoms with E-state index in [9.17, 15) is 13.2 Å². The molecular formula is C23H22N2O5S. The maximum atomic E-state index is 13.3. The minimum absolute atomic E-state index is 0.148. The number of nitrogens with zero attached hydrogens (tertiary/aromatic N) is 1. The maximum Gasteiger partial charge on any atom is 0.267 e. The fourth-order valence-electron chi connectivity index (χ4n) is 3.34. The van der Waals surface area contributed by atoms with Gasteiger partial charge in [-0.1, -0.05) is 36.4 Å². The van der Waals surface area contributed by atoms with Crippen molar-refractivity contribution in [2.75, 3.05) is 22.8 Å². The molecule has 0 fully saturated rings. The van der Waals surface area contributed by atoms with Crippen LogP contribution in [0.2, 0.25) is 0 Å². The van der Waals surface area contributed by atoms with Crippen LogP contribution in [-0.2, 0) is 14.8 Å². The molecule has 160 valence electrons. The third kappa shape index (κ3) is 4.34. The topological polar surface area (TPSA) is 84.9 Å². The first-order valence-corrected chi connectivity index (χ1v) is 11.3. The lowest BCUT2D eigenvalue weighted by Gasteiger charge is -2.34. The van der Waals surface area contributed by atoms with Gasteiger partial charge in [-0.3, -0.25) is 9.10 Å². The number of nitrogens with one attached hydrogen (secondary N) is 1. The van der Waals surface area contributed by atoms with E-state index < -0.39 is 22.0 Å². The van der Waals surface area contributed by atoms with Crippen molar-refractivity contribution >= 4 is 27.3 Å². The van der Waals surface area contributed by atoms with Gasteiger partial charge in [0.05, 0.1) is 23.7 Å². The molecule has 3 aromatic carbocycles. The van der Waals surface area contributed by atoms with Crippen LogP contribution < -0.4 is 19.1 Å². The Bertz CT molecular complexity index is 1180. The van der Waals surface area contributed by atoms with E-state index >= 15 is 0 Å². The number of fused-ring (bicyclic) bond motifs is 1. The van der Waals surface area contributed by atoms with E-state index in [0.29, 0.717) is 29.5 Å². The van der Waals surface area contributed by atoms with E-state index in [4.69, 9.17) is 9.47 Å². The zero-order valence-corrected chi connectivity index (χ0v) is 17.7. The summed E-state index contributed by atoms with van der Waals surface area (Å²) in [5, 5.41) is 2.79. The summed E-state index contributed by atoms with van der Waals surface area (Å²) in [4.78, 5) is 13.1. The molecule has 1 N–H and O–H groups in total. The van der Waals surface area contributed by atoms with Gasteiger partial charge < -0.3 is 14.8 Å². The van der Waals surface area contributed by atoms with Gasteiger partial charge in [0, 0.05) is 11.8 Å². The molecule has 7 nitrogen and oxygen atoms in total. The van der Waals surface area contributed by atoms with Crippen molar-refractivity contribution in [3.8, 4) is 11.5 Å². The number of carbonyl (C=O) groups excluding carboxylic acids is 1. The van der Waals surface area contributed by atoms with Crippen molar-refractivity contribution in [2.45, 2.75) is 17.9 Å². The molecule has 0 bridgehead atoms. The fraction of sp³-hybridized carbons (Fsp3) is 0.174. The predicted octanol–water partition coefficient (Wildman–Crippen LogP) is 3.68. The molecule has 0 aliphatic carbocycles. The Balaban J connectivity index is 1.62. The zero-order chi connectivity index (χ0) is 21.8. The van der Waals surface area contributed by atoms with Gasteiger partial charge in [-0.05, 0) is 43.3 Å². The number of para-hydroxylation sites is 2. The smallest absolute Gasteiger partial charge is 0.267 e. The number of carbonyl (C=O) groups is 1. The molecule has 0 aromatic heterocycles. The van der Waals surface area contributed by atoms with Gasteiger partial charge in [0.25, 0.3) is 15.9 Å². The average molecular weight is 439 g/mol. The van der Waals surface area contributed by atoms with Crippen LogP contribution in [0.1, 0.15) is 6.92 Å². The van der Waals surface area contributed by atoms with Crippen LogP contribution in [0, 0.1) is 0 Å². The van der Waals surface area contributed by atoms with E-state index in [1.54, 1.807) is 66.7 Å². The molecule has 0 saturated carbocycles. The molecule has 1 unspecified atom stereocenters. The second-order valence-corrected chi connectivity index (χ2v) is 8.74. The van der Waals surface area contributed by atoms with Gasteiger partial charge in [0.15, 0.2) is 6.10 Å². The van der Waals surface area contributed by atoms with Crippen molar-refractivity contribution in [1.29, 1.82) is 0 Å². The SMILES string of the molecule is CCOc1cccc(NC(=O)C2CN(S(=O)(=O)c3ccccc3)c3ccccc3O2)c1. The van der Waals surface area contributed by atoms with Gasteiger partial charge in [0.2, 0.25) is 0 Å². The zero-order valence-electron chi connectivity index (χ0n) is 16.9. The molecule has 1 heterocycles. The standard InChI is InChI=1S/C23H22N2O5S/c1-2-29-18-10-8-9-17(15-18)24-23(26)22-16-25(20-13-6-7-14-21(20)30-22)31(27,28)19-11-4-3-5-12-19/h3-15,22H,2,16H2,1H3,(H,24,26). The Morgan fingerprint density at radius 3 is 2.58 bits per heavy atom. The lowest BCUT2D eigenvalue weighted by atomic mass is 10.2. The first-order valence-electron chi connectivity index (χ1n) is 9.86. The van der Waals surface area contributed by atoms with Crippen LogP contribution in [0.3, 0.4) is 0 Å². The number of ether oxygens (including phenoxy) is 2. The Hall–Kier alpha value is -3.52. The highest BCUT2D eigenvalue weighted by Crippen LogP contribution is 2.37. The summed E-state index contributed by atoms with van der Waals surface area (Å²) in [6.07, 6.45) is -1.02. The highest BCUT2D eigenvalue weighted by molar-refractivity contribution is 7.92. The van der Waals surface area contributed by atoms with Gasteiger partial charge in [0.1, 0.15) is 11.5 Å². The van der Waals surface area contributed by atoms with Crippen LogP contribution in [0.15, 0.2) is 83.8 Å². The molecule has 0 radical (unpaired) electrons. The number of anilines is 2. The molecule has 0 spiro atoms. The van der Waals surface area contributed by atoms with Crippen molar-refractivity contribution in [2.24, 2.45) is 0 Å². The first-order chi connectivity index (χ1) is 15.0. The Labute approximate surface area is 181 Å². The number of amides is 1. The lowest BCUT2D eigenvalue weighted by Crippen LogP contribution is -2.48. The van der Waals surface area contributed by atoms with Crippen LogP contribution in [0.4, 0.5) is 11.4 Å². The normalized spacial score (nSPS) is 15.5. The van der Waals surface area contributed by atoms with Gasteiger partial charge in [-0.2, -0.15) is 0 Å². The Morgan fingerprint density at radius 1 is 1.06 bits per heavy atom. The molecule has 1 aliphatic heterocycles. The van der Waals surface area contributed by atoms with Crippen molar-refractivity contribution in [3.05, 3.63) is 78.9 Å². The van der Waals surface area contributed by atoms with Crippen molar-refractivity contribution in [1.82, 2.24) is 0 Å². The Morgan fingerprint density at radius 2 is 1.81 bits per heavy atom. The summed E-state index contributed by atoms with van der Waals surface area (Å²) < 4.78 is 39.2. The van der Waals surface area contributed by atoms with E-state index in [2.05, 4.69) is 5.32 Å². The third-order valence-corrected chi connectivity index (χ3v) is 6.56. The van der Waals surface area contributed by atoms with E-state index in [1.165, 1.54) is 16.4 Å². The highest BCUT2D eigenvalue weighted by Gasteiger charge is 2.37. The molecule has 0 saturated heterocycles. The average Bonchev–Trinajstić information content (AvgIpc) is 2.79. The predicted molar refractivity (Wildman–Crippen MR) is 118 cm³/mol. The summed E-state index contributed by atoms with van der Waals surface area (Å²) in [5.41, 5.74) is 0.935. The van der Waals surface area contributed by atoms with Crippen molar-refractivity contribution in [3.63, 3.8) is 0 Å². The summed E-state index contributed by atoms with van der Waals surface area (Å²) in [7, 11) is -3.88. The summed E-state index contributed by atoms with van der Waals surface area (Å²) >= 11 is 0. The molecule has 8 heteroatoms. The summed E-state index contributed by atoms with van der Waals surface area (Å²) in [5.74, 6) is 0.511. The molecule has 31 heavy (non-hydrogen) atoms. The van der Waals surface area contributed by atoms with Gasteiger partial charge >= 0.3 is 0 Å². The molecule has 3 aromatic rings. The van der Waals surface area contributed by atoms with Crippen LogP contribution in [0.25, 0.3) is 0 Å². The Kier molecular flexibility index (Phi) is 5.81. The second kappa shape index (κ2) is 8.69. The highest BCUT2D eigenvalue weighted by atomic mass is 32.2. The largest absolute Gasteiger partial charge is 0.494 e. The van der Waals surface area contributed by atoms with Gasteiger partial charge in [-0.15, -0.1) is 0 Å². The number of hydrogen-bond donors (Lipinski definition) is 1. The number of hydrogen-bond acceptors (Lipinski definition) is 5. The molecule has 1 aliphatic rings. The lowest BCUT2D eigenvalue weighted by molar-refractivity contribution is -0.122. The molecule has 4 rings (SSSR count). The number of sulfonamides is 1. The minimum atomic E-state index is -3.88. The van der Waals surface area contributed by atoms with Gasteiger partial charge in [-0.25, -0.2) is 8.42 Å². The van der Waals surface area contributed by atoms with E-state index in [-0.39, 0.29) is 11.4 Å². The van der Waals surface area contributed by atoms with E-state index in [0.717, 1.165) is 0 Å². The minimum Gasteiger partial charge on any atom is -0.494 e. The van der Waals surface area contributed by atoms with E-state index in [1.807, 2.05) is 6.92 Å². The number of benzene rings is 3. The first kappa shape index (κ1) is 20.7. The van der Waals surface area contributed by atoms with Crippen LogP contribution in [-0.4, -0.2) is 33.6 Å². The molecule has 1 amide bonds. The van der Waals surface area contributed by atoms with Crippen LogP contribution >= 0.6 is 0 Å².